The number of nitrogens with zero attached hydrogens (tertiary/aromatic N) is 2. The quantitative estimate of drug-likeness (QED) is 0.139. The maximum absolute atomic E-state index is 15.2. The van der Waals surface area contributed by atoms with Gasteiger partial charge >= 0.3 is 0 Å². The summed E-state index contributed by atoms with van der Waals surface area (Å²) < 4.78 is 36.7. The summed E-state index contributed by atoms with van der Waals surface area (Å²) in [5.41, 5.74) is -0.378. The lowest BCUT2D eigenvalue weighted by atomic mass is 9.53. The number of carbonyl (C=O) groups excluding carboxylic acids is 2. The van der Waals surface area contributed by atoms with Crippen LogP contribution in [0.1, 0.15) is 124 Å². The first-order valence-corrected chi connectivity index (χ1v) is 24.6. The Hall–Kier alpha value is -2.03. The monoisotopic (exact) mass is 756 g/mol. The number of sulfonamides is 1. The fraction of sp³-hybridized carbons (Fsp3) is 0.762. The Balaban J connectivity index is 1.77. The van der Waals surface area contributed by atoms with E-state index in [2.05, 4.69) is 45.7 Å². The molecule has 2 aliphatic heterocycles. The van der Waals surface area contributed by atoms with Crippen LogP contribution in [-0.2, 0) is 24.0 Å². The van der Waals surface area contributed by atoms with Crippen molar-refractivity contribution in [2.75, 3.05) is 32.8 Å². The first kappa shape index (κ1) is 42.7. The number of ketones is 1. The summed E-state index contributed by atoms with van der Waals surface area (Å²) in [5, 5.41) is 10.2. The molecule has 292 valence electrons. The van der Waals surface area contributed by atoms with Crippen molar-refractivity contribution in [2.45, 2.75) is 153 Å². The third kappa shape index (κ3) is 10.6. The van der Waals surface area contributed by atoms with Gasteiger partial charge in [-0.2, -0.15) is 4.31 Å². The average molecular weight is 757 g/mol. The van der Waals surface area contributed by atoms with Crippen LogP contribution in [0.3, 0.4) is 0 Å². The lowest BCUT2D eigenvalue weighted by molar-refractivity contribution is -0.168. The van der Waals surface area contributed by atoms with Gasteiger partial charge in [0.1, 0.15) is 5.78 Å². The number of fused-ring (bicyclic) bond motifs is 4. The van der Waals surface area contributed by atoms with Crippen molar-refractivity contribution >= 4 is 30.0 Å². The van der Waals surface area contributed by atoms with Gasteiger partial charge in [0.15, 0.2) is 8.32 Å². The Bertz CT molecular complexity index is 1480. The number of aliphatic hydroxyl groups excluding tert-OH is 1. The first-order chi connectivity index (χ1) is 24.7. The predicted octanol–water partition coefficient (Wildman–Crippen LogP) is 8.21. The molecule has 52 heavy (non-hydrogen) atoms. The first-order valence-electron chi connectivity index (χ1n) is 20.2. The van der Waals surface area contributed by atoms with Crippen molar-refractivity contribution in [3.8, 4) is 11.8 Å². The number of aliphatic hydroxyl groups is 1. The van der Waals surface area contributed by atoms with E-state index in [0.29, 0.717) is 45.3 Å². The molecule has 0 aromatic heterocycles. The van der Waals surface area contributed by atoms with Gasteiger partial charge in [-0.15, -0.1) is 11.8 Å². The maximum atomic E-state index is 15.2. The zero-order chi connectivity index (χ0) is 38.0. The number of hydrogen-bond donors (Lipinski definition) is 1. The van der Waals surface area contributed by atoms with E-state index in [1.54, 1.807) is 28.6 Å². The molecule has 3 fully saturated rings. The average Bonchev–Trinajstić information content (AvgIpc) is 3.09. The second-order valence-corrected chi connectivity index (χ2v) is 24.1. The van der Waals surface area contributed by atoms with Crippen LogP contribution in [0, 0.1) is 35.0 Å². The van der Waals surface area contributed by atoms with Crippen molar-refractivity contribution in [2.24, 2.45) is 23.2 Å². The van der Waals surface area contributed by atoms with Crippen LogP contribution >= 0.6 is 0 Å². The molecule has 1 amide bonds. The molecule has 1 aromatic carbocycles. The third-order valence-corrected chi connectivity index (χ3v) is 19.2. The summed E-state index contributed by atoms with van der Waals surface area (Å²) in [5.74, 6) is 4.89. The van der Waals surface area contributed by atoms with E-state index >= 15 is 4.79 Å². The zero-order valence-corrected chi connectivity index (χ0v) is 34.9. The van der Waals surface area contributed by atoms with Crippen LogP contribution in [0.5, 0.6) is 0 Å². The van der Waals surface area contributed by atoms with Crippen molar-refractivity contribution in [3.63, 3.8) is 0 Å². The molecule has 10 heteroatoms. The molecule has 4 unspecified atom stereocenters. The summed E-state index contributed by atoms with van der Waals surface area (Å²) in [4.78, 5) is 31.9. The topological polar surface area (TPSA) is 104 Å². The van der Waals surface area contributed by atoms with E-state index in [-0.39, 0.29) is 52.2 Å². The Morgan fingerprint density at radius 2 is 1.63 bits per heavy atom. The number of unbranched alkanes of at least 4 members (excludes halogenated alkanes) is 1. The highest BCUT2D eigenvalue weighted by Crippen LogP contribution is 2.55. The van der Waals surface area contributed by atoms with E-state index in [1.807, 2.05) is 17.9 Å². The van der Waals surface area contributed by atoms with Crippen LogP contribution in [0.15, 0.2) is 35.2 Å². The van der Waals surface area contributed by atoms with E-state index in [1.165, 1.54) is 0 Å². The van der Waals surface area contributed by atoms with Gasteiger partial charge in [0.2, 0.25) is 15.9 Å². The van der Waals surface area contributed by atoms with Crippen molar-refractivity contribution in [1.29, 1.82) is 0 Å². The molecule has 2 saturated heterocycles. The number of carbonyl (C=O) groups is 2. The Morgan fingerprint density at radius 1 is 0.981 bits per heavy atom. The van der Waals surface area contributed by atoms with Gasteiger partial charge in [0.25, 0.3) is 0 Å². The third-order valence-electron chi connectivity index (χ3n) is 12.7. The second-order valence-electron chi connectivity index (χ2n) is 17.4. The van der Waals surface area contributed by atoms with Crippen molar-refractivity contribution < 1.29 is 27.5 Å². The molecule has 1 aliphatic carbocycles. The van der Waals surface area contributed by atoms with Gasteiger partial charge in [-0.05, 0) is 87.5 Å². The van der Waals surface area contributed by atoms with Gasteiger partial charge in [-0.1, -0.05) is 83.9 Å². The van der Waals surface area contributed by atoms with Gasteiger partial charge < -0.3 is 14.4 Å². The Morgan fingerprint density at radius 3 is 2.27 bits per heavy atom. The van der Waals surface area contributed by atoms with E-state index in [0.717, 1.165) is 70.6 Å². The largest absolute Gasteiger partial charge is 0.414 e. The van der Waals surface area contributed by atoms with Gasteiger partial charge in [-0.25, -0.2) is 8.42 Å². The smallest absolute Gasteiger partial charge is 0.243 e. The van der Waals surface area contributed by atoms with Crippen molar-refractivity contribution in [3.05, 3.63) is 30.3 Å². The van der Waals surface area contributed by atoms with Crippen LogP contribution in [0.2, 0.25) is 18.1 Å². The molecule has 2 heterocycles. The number of Topliss-reactive ketones (excluding diaryl/α,β-unsaturated/α-hetero) is 1. The highest BCUT2D eigenvalue weighted by atomic mass is 32.2. The number of piperidine rings is 1. The Labute approximate surface area is 317 Å². The number of likely N-dealkylation sites (tertiary alicyclic amines) is 1. The summed E-state index contributed by atoms with van der Waals surface area (Å²) in [6.45, 7) is 14.7. The highest BCUT2D eigenvalue weighted by Gasteiger charge is 2.59. The summed E-state index contributed by atoms with van der Waals surface area (Å²) in [7, 11) is -6.02. The molecule has 4 rings (SSSR count). The molecule has 1 spiro atoms. The molecule has 1 saturated carbocycles. The lowest BCUT2D eigenvalue weighted by Crippen LogP contribution is -2.63. The number of benzene rings is 1. The Kier molecular flexibility index (Phi) is 15.6. The van der Waals surface area contributed by atoms with Crippen LogP contribution in [-0.4, -0.2) is 81.6 Å². The lowest BCUT2D eigenvalue weighted by Gasteiger charge is -2.56. The molecule has 1 aromatic rings. The number of amides is 1. The molecule has 8 nitrogen and oxygen atoms in total. The molecule has 3 bridgehead atoms. The normalized spacial score (nSPS) is 26.8. The zero-order valence-electron chi connectivity index (χ0n) is 33.1. The number of hydrogen-bond acceptors (Lipinski definition) is 6. The minimum absolute atomic E-state index is 0.0192. The summed E-state index contributed by atoms with van der Waals surface area (Å²) in [6.07, 6.45) is 12.4. The van der Waals surface area contributed by atoms with Crippen LogP contribution in [0.4, 0.5) is 0 Å². The molecule has 1 N–H and O–H groups in total. The minimum Gasteiger partial charge on any atom is -0.414 e. The fourth-order valence-corrected chi connectivity index (χ4v) is 11.7. The maximum Gasteiger partial charge on any atom is 0.243 e. The standard InChI is InChI=1S/C42H68N2O6SSi/c1-7-8-9-20-27-43-33-42-26-19-14-12-10-11-13-15-21-28-44(51(48,49)35-22-17-16-18-23-35)29-24-36(37(32-42)40(43)47)39(46)38(42)31-34(25-30-45)50-52(5,6)41(2,3)4/h16-18,22-23,34,36-38,45H,9-15,19-21,24-33H2,1-6H3/t34-,36?,37?,38?,42?/m1/s1. The minimum atomic E-state index is -3.79. The highest BCUT2D eigenvalue weighted by molar-refractivity contribution is 7.89. The van der Waals surface area contributed by atoms with Gasteiger partial charge in [0, 0.05) is 63.1 Å². The summed E-state index contributed by atoms with van der Waals surface area (Å²) in [6, 6.07) is 8.60. The van der Waals surface area contributed by atoms with Crippen LogP contribution in [0.25, 0.3) is 0 Å². The van der Waals surface area contributed by atoms with Gasteiger partial charge in [-0.3, -0.25) is 9.59 Å². The van der Waals surface area contributed by atoms with E-state index < -0.39 is 30.2 Å². The molecule has 3 aliphatic rings. The fourth-order valence-electron chi connectivity index (χ4n) is 8.77. The molecule has 5 atom stereocenters. The van der Waals surface area contributed by atoms with E-state index in [4.69, 9.17) is 4.43 Å². The SMILES string of the molecule is CC#CCCCN1CC23CCCCCCCCCCN(S(=O)(=O)c4ccccc4)CCC(C(=O)C2C[C@@H](CCO)O[Si](C)(C)C(C)(C)C)C(C3)C1=O. The number of rotatable bonds is 11. The van der Waals surface area contributed by atoms with E-state index in [9.17, 15) is 18.3 Å². The second kappa shape index (κ2) is 19.0. The van der Waals surface area contributed by atoms with Gasteiger partial charge in [0.05, 0.1) is 4.90 Å². The molecular weight excluding hydrogens is 689 g/mol. The summed E-state index contributed by atoms with van der Waals surface area (Å²) >= 11 is 0. The van der Waals surface area contributed by atoms with Crippen molar-refractivity contribution in [1.82, 2.24) is 9.21 Å². The van der Waals surface area contributed by atoms with Crippen LogP contribution < -0.4 is 0 Å². The molecular formula is C42H68N2O6SSi. The predicted molar refractivity (Wildman–Crippen MR) is 212 cm³/mol. The molecule has 0 radical (unpaired) electrons.